The van der Waals surface area contributed by atoms with Crippen LogP contribution in [0.5, 0.6) is 0 Å². The molecule has 3 N–H and O–H groups in total. The number of fused-ring (bicyclic) bond motifs is 1. The molecule has 2 saturated carbocycles. The summed E-state index contributed by atoms with van der Waals surface area (Å²) in [6, 6.07) is 5.17. The topological polar surface area (TPSA) is 116 Å². The van der Waals surface area contributed by atoms with Gasteiger partial charge in [-0.2, -0.15) is 0 Å². The van der Waals surface area contributed by atoms with E-state index in [0.717, 1.165) is 101 Å². The third-order valence-corrected chi connectivity index (χ3v) is 9.24. The van der Waals surface area contributed by atoms with Crippen LogP contribution >= 0.6 is 0 Å². The number of benzene rings is 1. The molecule has 0 radical (unpaired) electrons. The first-order valence-electron chi connectivity index (χ1n) is 18.4. The summed E-state index contributed by atoms with van der Waals surface area (Å²) in [5.74, 6) is 1.00. The predicted molar refractivity (Wildman–Crippen MR) is 197 cm³/mol. The zero-order valence-electron chi connectivity index (χ0n) is 31.5. The Hall–Kier alpha value is -3.14. The Bertz CT molecular complexity index is 1240. The van der Waals surface area contributed by atoms with Gasteiger partial charge < -0.3 is 20.6 Å². The highest BCUT2D eigenvalue weighted by atomic mass is 19.3. The Labute approximate surface area is 294 Å². The second kappa shape index (κ2) is 23.3. The van der Waals surface area contributed by atoms with E-state index in [0.29, 0.717) is 23.1 Å². The van der Waals surface area contributed by atoms with Gasteiger partial charge in [0.1, 0.15) is 6.61 Å². The van der Waals surface area contributed by atoms with Gasteiger partial charge in [-0.1, -0.05) is 66.5 Å². The molecule has 8 nitrogen and oxygen atoms in total. The van der Waals surface area contributed by atoms with Crippen LogP contribution < -0.4 is 10.6 Å². The van der Waals surface area contributed by atoms with Crippen molar-refractivity contribution in [3.8, 4) is 0 Å². The Balaban J connectivity index is 0.000000375. The molecule has 10 heteroatoms. The average molecular weight is 691 g/mol. The first-order valence-corrected chi connectivity index (χ1v) is 18.4. The van der Waals surface area contributed by atoms with E-state index in [1.165, 1.54) is 13.0 Å². The van der Waals surface area contributed by atoms with Gasteiger partial charge in [-0.25, -0.2) is 8.78 Å². The lowest BCUT2D eigenvalue weighted by atomic mass is 10.0. The number of aliphatic imine (C=N–C) groups is 1. The van der Waals surface area contributed by atoms with E-state index in [9.17, 15) is 23.2 Å². The van der Waals surface area contributed by atoms with Crippen LogP contribution in [-0.4, -0.2) is 72.5 Å². The fourth-order valence-electron chi connectivity index (χ4n) is 6.05. The van der Waals surface area contributed by atoms with Gasteiger partial charge in [-0.15, -0.1) is 0 Å². The number of unbranched alkanes of at least 4 members (excludes halogenated alkanes) is 2. The minimum absolute atomic E-state index is 0.0536. The SMILES string of the molecule is CCC(C)C(=O)CN=C1CC2CC2/C1=C(/N)C(C)=O.CCCCCN(CCC)C(=O)CO.CCCN(CCC)c1cccc(C(F)F)c1C. The van der Waals surface area contributed by atoms with Crippen molar-refractivity contribution in [3.63, 3.8) is 0 Å². The van der Waals surface area contributed by atoms with Gasteiger partial charge in [0.15, 0.2) is 11.6 Å². The largest absolute Gasteiger partial charge is 0.396 e. The number of allylic oxidation sites excluding steroid dienone is 2. The average Bonchev–Trinajstić information content (AvgIpc) is 3.75. The smallest absolute Gasteiger partial charge is 0.264 e. The number of amides is 1. The molecule has 278 valence electrons. The van der Waals surface area contributed by atoms with E-state index in [1.807, 2.05) is 26.8 Å². The molecule has 1 aromatic carbocycles. The van der Waals surface area contributed by atoms with Crippen LogP contribution in [0.15, 0.2) is 34.5 Å². The Morgan fingerprint density at radius 2 is 1.61 bits per heavy atom. The molecular weight excluding hydrogens is 626 g/mol. The molecule has 0 heterocycles. The maximum Gasteiger partial charge on any atom is 0.264 e. The molecule has 1 aromatic rings. The van der Waals surface area contributed by atoms with Gasteiger partial charge in [0, 0.05) is 61.6 Å². The van der Waals surface area contributed by atoms with Crippen molar-refractivity contribution in [1.29, 1.82) is 0 Å². The molecule has 2 fully saturated rings. The molecule has 0 aromatic heterocycles. The zero-order valence-corrected chi connectivity index (χ0v) is 31.5. The van der Waals surface area contributed by atoms with Gasteiger partial charge in [-0.3, -0.25) is 19.4 Å². The number of hydrogen-bond donors (Lipinski definition) is 2. The summed E-state index contributed by atoms with van der Waals surface area (Å²) in [5.41, 5.74) is 9.87. The molecule has 3 atom stereocenters. The first-order chi connectivity index (χ1) is 23.3. The van der Waals surface area contributed by atoms with Crippen molar-refractivity contribution in [1.82, 2.24) is 4.90 Å². The number of carbonyl (C=O) groups excluding carboxylic acids is 3. The Kier molecular flexibility index (Phi) is 20.9. The number of anilines is 1. The molecule has 0 saturated heterocycles. The lowest BCUT2D eigenvalue weighted by Crippen LogP contribution is -2.34. The van der Waals surface area contributed by atoms with Crippen molar-refractivity contribution in [3.05, 3.63) is 40.6 Å². The summed E-state index contributed by atoms with van der Waals surface area (Å²) < 4.78 is 25.6. The zero-order chi connectivity index (χ0) is 37.1. The number of hydrogen-bond acceptors (Lipinski definition) is 7. The van der Waals surface area contributed by atoms with Crippen molar-refractivity contribution >= 4 is 28.9 Å². The lowest BCUT2D eigenvalue weighted by Gasteiger charge is -2.26. The van der Waals surface area contributed by atoms with Crippen LogP contribution in [0.25, 0.3) is 0 Å². The maximum absolute atomic E-state index is 12.8. The number of halogens is 2. The van der Waals surface area contributed by atoms with Gasteiger partial charge in [0.2, 0.25) is 5.91 Å². The predicted octanol–water partition coefficient (Wildman–Crippen LogP) is 7.85. The fraction of sp³-hybridized carbons (Fsp3) is 0.692. The van der Waals surface area contributed by atoms with E-state index >= 15 is 0 Å². The summed E-state index contributed by atoms with van der Waals surface area (Å²) in [5, 5.41) is 8.70. The van der Waals surface area contributed by atoms with E-state index in [4.69, 9.17) is 10.8 Å². The van der Waals surface area contributed by atoms with Crippen LogP contribution in [0.2, 0.25) is 0 Å². The quantitative estimate of drug-likeness (QED) is 0.120. The molecule has 0 bridgehead atoms. The van der Waals surface area contributed by atoms with Crippen molar-refractivity contribution in [2.75, 3.05) is 44.2 Å². The fourth-order valence-corrected chi connectivity index (χ4v) is 6.05. The monoisotopic (exact) mass is 690 g/mol. The second-order valence-corrected chi connectivity index (χ2v) is 13.3. The standard InChI is InChI=1S/C15H22N2O2.C14H21F2N.C10H21NO2/c1-4-8(2)13(19)7-17-12-6-10-5-11(10)14(12)15(16)9(3)18;1-4-9-17(10-5-2)13-8-6-7-12(11(13)3)14(15)16;1-3-5-6-8-11(7-4-2)10(13)9-12/h8,10-11H,4-7,16H2,1-3H3;6-8,14H,4-5,9-10H2,1-3H3;12H,3-9H2,1-2H3/b15-14-,17-12?;;. The number of aliphatic hydroxyl groups excluding tert-OH is 1. The normalized spacial score (nSPS) is 18.5. The van der Waals surface area contributed by atoms with Crippen molar-refractivity contribution < 1.29 is 28.3 Å². The van der Waals surface area contributed by atoms with Gasteiger partial charge in [-0.05, 0) is 75.3 Å². The Morgan fingerprint density at radius 3 is 2.12 bits per heavy atom. The number of rotatable bonds is 18. The van der Waals surface area contributed by atoms with E-state index in [1.54, 1.807) is 17.9 Å². The minimum atomic E-state index is -2.39. The number of nitrogens with two attached hydrogens (primary N) is 1. The molecular formula is C39H64F2N4O4. The molecule has 3 rings (SSSR count). The summed E-state index contributed by atoms with van der Waals surface area (Å²) in [4.78, 5) is 42.8. The summed E-state index contributed by atoms with van der Waals surface area (Å²) in [7, 11) is 0. The second-order valence-electron chi connectivity index (χ2n) is 13.3. The molecule has 0 spiro atoms. The molecule has 49 heavy (non-hydrogen) atoms. The van der Waals surface area contributed by atoms with Crippen LogP contribution in [0.3, 0.4) is 0 Å². The number of alkyl halides is 2. The van der Waals surface area contributed by atoms with Gasteiger partial charge >= 0.3 is 0 Å². The summed E-state index contributed by atoms with van der Waals surface area (Å²) in [6.07, 6.45) is 6.81. The molecule has 2 aliphatic rings. The van der Waals surface area contributed by atoms with E-state index in [-0.39, 0.29) is 42.1 Å². The molecule has 3 unspecified atom stereocenters. The highest BCUT2D eigenvalue weighted by molar-refractivity contribution is 6.11. The van der Waals surface area contributed by atoms with Crippen LogP contribution in [0, 0.1) is 24.7 Å². The highest BCUT2D eigenvalue weighted by Gasteiger charge is 2.49. The van der Waals surface area contributed by atoms with E-state index in [2.05, 4.69) is 30.7 Å². The number of nitrogens with zero attached hydrogens (tertiary/aromatic N) is 3. The van der Waals surface area contributed by atoms with Gasteiger partial charge in [0.05, 0.1) is 12.2 Å². The van der Waals surface area contributed by atoms with Crippen molar-refractivity contribution in [2.45, 2.75) is 120 Å². The summed E-state index contributed by atoms with van der Waals surface area (Å²) in [6.45, 7) is 18.8. The molecule has 1 amide bonds. The summed E-state index contributed by atoms with van der Waals surface area (Å²) >= 11 is 0. The number of ketones is 2. The Morgan fingerprint density at radius 1 is 0.980 bits per heavy atom. The lowest BCUT2D eigenvalue weighted by molar-refractivity contribution is -0.134. The number of aliphatic hydroxyl groups is 1. The minimum Gasteiger partial charge on any atom is -0.396 e. The maximum atomic E-state index is 12.8. The third kappa shape index (κ3) is 14.3. The molecule has 2 aliphatic carbocycles. The van der Waals surface area contributed by atoms with Crippen LogP contribution in [0.4, 0.5) is 14.5 Å². The van der Waals surface area contributed by atoms with Crippen LogP contribution in [0.1, 0.15) is 124 Å². The van der Waals surface area contributed by atoms with Crippen molar-refractivity contribution in [2.24, 2.45) is 28.5 Å². The molecule has 0 aliphatic heterocycles. The first kappa shape index (κ1) is 43.9. The van der Waals surface area contributed by atoms with E-state index < -0.39 is 6.43 Å². The van der Waals surface area contributed by atoms with Crippen LogP contribution in [-0.2, 0) is 14.4 Å². The van der Waals surface area contributed by atoms with Gasteiger partial charge in [0.25, 0.3) is 6.43 Å². The highest BCUT2D eigenvalue weighted by Crippen LogP contribution is 2.54. The number of Topliss-reactive ketones (excluding diaryl/α,β-unsaturated/α-hetero) is 2. The third-order valence-electron chi connectivity index (χ3n) is 9.24. The number of carbonyl (C=O) groups is 3.